The summed E-state index contributed by atoms with van der Waals surface area (Å²) in [6, 6.07) is 17.3. The van der Waals surface area contributed by atoms with E-state index in [1.54, 1.807) is 4.90 Å². The van der Waals surface area contributed by atoms with Gasteiger partial charge in [-0.3, -0.25) is 4.79 Å². The van der Waals surface area contributed by atoms with Crippen molar-refractivity contribution in [3.05, 3.63) is 71.3 Å². The summed E-state index contributed by atoms with van der Waals surface area (Å²) in [6.07, 6.45) is 0.389. The van der Waals surface area contributed by atoms with E-state index in [1.807, 2.05) is 61.5 Å². The molecule has 0 bridgehead atoms. The molecule has 0 spiro atoms. The molecule has 1 atom stereocenters. The van der Waals surface area contributed by atoms with Crippen molar-refractivity contribution in [3.63, 3.8) is 0 Å². The fraction of sp³-hybridized carbons (Fsp3) is 0.350. The molecular weight excluding hydrogens is 348 g/mol. The zero-order chi connectivity index (χ0) is 18.6. The summed E-state index contributed by atoms with van der Waals surface area (Å²) in [5, 5.41) is 0. The number of benzene rings is 2. The van der Waals surface area contributed by atoms with Gasteiger partial charge in [0.25, 0.3) is 0 Å². The molecular formula is C20H24N2O3S. The number of aryl methyl sites for hydroxylation is 1. The number of sulfonamides is 1. The molecule has 6 heteroatoms. The van der Waals surface area contributed by atoms with Crippen LogP contribution in [0.1, 0.15) is 23.1 Å². The van der Waals surface area contributed by atoms with E-state index in [0.717, 1.165) is 16.7 Å². The fourth-order valence-corrected chi connectivity index (χ4v) is 4.37. The van der Waals surface area contributed by atoms with Crippen LogP contribution in [0.3, 0.4) is 0 Å². The third-order valence-corrected chi connectivity index (χ3v) is 5.90. The van der Waals surface area contributed by atoms with Gasteiger partial charge in [0.2, 0.25) is 15.9 Å². The Kier molecular flexibility index (Phi) is 5.74. The average Bonchev–Trinajstić information content (AvgIpc) is 2.96. The molecule has 138 valence electrons. The molecule has 5 nitrogen and oxygen atoms in total. The number of hydrogen-bond donors (Lipinski definition) is 1. The average molecular weight is 372 g/mol. The Labute approximate surface area is 155 Å². The summed E-state index contributed by atoms with van der Waals surface area (Å²) in [6.45, 7) is 3.42. The van der Waals surface area contributed by atoms with Crippen molar-refractivity contribution in [2.45, 2.75) is 25.6 Å². The summed E-state index contributed by atoms with van der Waals surface area (Å²) in [5.41, 5.74) is 2.94. The number of carbonyl (C=O) groups excluding carboxylic acids is 1. The first kappa shape index (κ1) is 18.6. The SMILES string of the molecule is Cc1ccc(CS(=O)(=O)NCC2CC(=O)N(Cc3ccccc3)C2)cc1. The molecule has 1 fully saturated rings. The van der Waals surface area contributed by atoms with E-state index in [2.05, 4.69) is 4.72 Å². The fourth-order valence-electron chi connectivity index (χ4n) is 3.15. The van der Waals surface area contributed by atoms with Crippen molar-refractivity contribution < 1.29 is 13.2 Å². The number of nitrogens with zero attached hydrogens (tertiary/aromatic N) is 1. The Morgan fingerprint density at radius 3 is 2.42 bits per heavy atom. The first-order valence-electron chi connectivity index (χ1n) is 8.76. The van der Waals surface area contributed by atoms with Gasteiger partial charge in [-0.2, -0.15) is 0 Å². The Morgan fingerprint density at radius 2 is 1.73 bits per heavy atom. The van der Waals surface area contributed by atoms with Crippen LogP contribution in [0.2, 0.25) is 0 Å². The van der Waals surface area contributed by atoms with Gasteiger partial charge in [-0.1, -0.05) is 60.2 Å². The maximum atomic E-state index is 12.3. The van der Waals surface area contributed by atoms with Crippen LogP contribution < -0.4 is 4.72 Å². The zero-order valence-electron chi connectivity index (χ0n) is 14.9. The van der Waals surface area contributed by atoms with Gasteiger partial charge < -0.3 is 4.90 Å². The summed E-state index contributed by atoms with van der Waals surface area (Å²) in [7, 11) is -3.41. The van der Waals surface area contributed by atoms with Gasteiger partial charge in [0.05, 0.1) is 5.75 Å². The molecule has 1 aliphatic heterocycles. The third kappa shape index (κ3) is 5.16. The van der Waals surface area contributed by atoms with Crippen LogP contribution in [0, 0.1) is 12.8 Å². The van der Waals surface area contributed by atoms with E-state index in [-0.39, 0.29) is 17.6 Å². The van der Waals surface area contributed by atoms with Crippen LogP contribution in [-0.4, -0.2) is 32.3 Å². The minimum absolute atomic E-state index is 0.0130. The second-order valence-electron chi connectivity index (χ2n) is 6.92. The van der Waals surface area contributed by atoms with Crippen molar-refractivity contribution in [3.8, 4) is 0 Å². The monoisotopic (exact) mass is 372 g/mol. The van der Waals surface area contributed by atoms with Crippen molar-refractivity contribution >= 4 is 15.9 Å². The largest absolute Gasteiger partial charge is 0.338 e. The highest BCUT2D eigenvalue weighted by Crippen LogP contribution is 2.20. The van der Waals surface area contributed by atoms with Crippen molar-refractivity contribution in [1.29, 1.82) is 0 Å². The molecule has 26 heavy (non-hydrogen) atoms. The van der Waals surface area contributed by atoms with E-state index >= 15 is 0 Å². The maximum Gasteiger partial charge on any atom is 0.223 e. The first-order valence-corrected chi connectivity index (χ1v) is 10.4. The first-order chi connectivity index (χ1) is 12.4. The number of nitrogens with one attached hydrogen (secondary N) is 1. The third-order valence-electron chi connectivity index (χ3n) is 4.58. The highest BCUT2D eigenvalue weighted by Gasteiger charge is 2.30. The highest BCUT2D eigenvalue weighted by atomic mass is 32.2. The van der Waals surface area contributed by atoms with Crippen molar-refractivity contribution in [1.82, 2.24) is 9.62 Å². The number of carbonyl (C=O) groups is 1. The van der Waals surface area contributed by atoms with Crippen molar-refractivity contribution in [2.75, 3.05) is 13.1 Å². The number of likely N-dealkylation sites (tertiary alicyclic amines) is 1. The minimum atomic E-state index is -3.41. The van der Waals surface area contributed by atoms with Gasteiger partial charge in [0.1, 0.15) is 0 Å². The Hall–Kier alpha value is -2.18. The van der Waals surface area contributed by atoms with E-state index in [0.29, 0.717) is 26.1 Å². The van der Waals surface area contributed by atoms with Crippen molar-refractivity contribution in [2.24, 2.45) is 5.92 Å². The van der Waals surface area contributed by atoms with E-state index in [4.69, 9.17) is 0 Å². The van der Waals surface area contributed by atoms with Gasteiger partial charge in [0, 0.05) is 26.1 Å². The van der Waals surface area contributed by atoms with Gasteiger partial charge in [-0.05, 0) is 24.0 Å². The van der Waals surface area contributed by atoms with E-state index in [1.165, 1.54) is 0 Å². The second-order valence-corrected chi connectivity index (χ2v) is 8.73. The smallest absolute Gasteiger partial charge is 0.223 e. The molecule has 0 radical (unpaired) electrons. The molecule has 1 amide bonds. The van der Waals surface area contributed by atoms with Crippen LogP contribution in [0.4, 0.5) is 0 Å². The van der Waals surface area contributed by atoms with Gasteiger partial charge >= 0.3 is 0 Å². The molecule has 0 aliphatic carbocycles. The Morgan fingerprint density at radius 1 is 1.04 bits per heavy atom. The van der Waals surface area contributed by atoms with Crippen LogP contribution in [0.15, 0.2) is 54.6 Å². The number of amides is 1. The minimum Gasteiger partial charge on any atom is -0.338 e. The summed E-state index contributed by atoms with van der Waals surface area (Å²) < 4.78 is 27.2. The predicted octanol–water partition coefficient (Wildman–Crippen LogP) is 2.46. The molecule has 2 aromatic carbocycles. The van der Waals surface area contributed by atoms with Crippen LogP contribution in [-0.2, 0) is 27.1 Å². The second kappa shape index (κ2) is 8.01. The lowest BCUT2D eigenvalue weighted by Crippen LogP contribution is -2.32. The van der Waals surface area contributed by atoms with E-state index in [9.17, 15) is 13.2 Å². The molecule has 1 saturated heterocycles. The van der Waals surface area contributed by atoms with Crippen LogP contribution in [0.25, 0.3) is 0 Å². The number of rotatable bonds is 7. The molecule has 1 N–H and O–H groups in total. The lowest BCUT2D eigenvalue weighted by atomic mass is 10.1. The topological polar surface area (TPSA) is 66.5 Å². The lowest BCUT2D eigenvalue weighted by molar-refractivity contribution is -0.128. The van der Waals surface area contributed by atoms with Crippen LogP contribution in [0.5, 0.6) is 0 Å². The lowest BCUT2D eigenvalue weighted by Gasteiger charge is -2.17. The standard InChI is InChI=1S/C20H24N2O3S/c1-16-7-9-18(10-8-16)15-26(24,25)21-12-19-11-20(23)22(14-19)13-17-5-3-2-4-6-17/h2-10,19,21H,11-15H2,1H3. The summed E-state index contributed by atoms with van der Waals surface area (Å²) in [5.74, 6) is 0.0531. The van der Waals surface area contributed by atoms with E-state index < -0.39 is 10.0 Å². The van der Waals surface area contributed by atoms with Crippen LogP contribution >= 0.6 is 0 Å². The van der Waals surface area contributed by atoms with Gasteiger partial charge in [0.15, 0.2) is 0 Å². The molecule has 3 rings (SSSR count). The zero-order valence-corrected chi connectivity index (χ0v) is 15.7. The highest BCUT2D eigenvalue weighted by molar-refractivity contribution is 7.88. The van der Waals surface area contributed by atoms with Gasteiger partial charge in [-0.25, -0.2) is 13.1 Å². The predicted molar refractivity (Wildman–Crippen MR) is 102 cm³/mol. The maximum absolute atomic E-state index is 12.3. The quantitative estimate of drug-likeness (QED) is 0.812. The molecule has 0 saturated carbocycles. The molecule has 1 heterocycles. The molecule has 2 aromatic rings. The molecule has 1 aliphatic rings. The Balaban J connectivity index is 1.51. The number of hydrogen-bond acceptors (Lipinski definition) is 3. The van der Waals surface area contributed by atoms with Gasteiger partial charge in [-0.15, -0.1) is 0 Å². The molecule has 1 unspecified atom stereocenters. The summed E-state index contributed by atoms with van der Waals surface area (Å²) >= 11 is 0. The normalized spacial score (nSPS) is 17.7. The molecule has 0 aromatic heterocycles. The Bertz CT molecular complexity index is 848. The summed E-state index contributed by atoms with van der Waals surface area (Å²) in [4.78, 5) is 14.0.